The van der Waals surface area contributed by atoms with Crippen LogP contribution >= 0.6 is 0 Å². The molecule has 22 heavy (non-hydrogen) atoms. The first kappa shape index (κ1) is 17.5. The quantitative estimate of drug-likeness (QED) is 0.904. The third-order valence-electron chi connectivity index (χ3n) is 4.63. The summed E-state index contributed by atoms with van der Waals surface area (Å²) in [5.41, 5.74) is 1.81. The van der Waals surface area contributed by atoms with Crippen molar-refractivity contribution in [3.63, 3.8) is 0 Å². The summed E-state index contributed by atoms with van der Waals surface area (Å²) in [5, 5.41) is 0. The van der Waals surface area contributed by atoms with Crippen molar-refractivity contribution < 1.29 is 8.42 Å². The van der Waals surface area contributed by atoms with Crippen LogP contribution in [0.4, 0.5) is 0 Å². The Morgan fingerprint density at radius 3 is 2.36 bits per heavy atom. The van der Waals surface area contributed by atoms with Crippen molar-refractivity contribution >= 4 is 10.0 Å². The Hall–Kier alpha value is -0.870. The minimum Gasteiger partial charge on any atom is -0.211 e. The third-order valence-corrected chi connectivity index (χ3v) is 6.20. The zero-order chi connectivity index (χ0) is 16.4. The average Bonchev–Trinajstić information content (AvgIpc) is 2.45. The minimum absolute atomic E-state index is 0.0542. The summed E-state index contributed by atoms with van der Waals surface area (Å²) >= 11 is 0. The van der Waals surface area contributed by atoms with E-state index in [9.17, 15) is 8.42 Å². The van der Waals surface area contributed by atoms with Crippen LogP contribution in [0.2, 0.25) is 0 Å². The van der Waals surface area contributed by atoms with Crippen molar-refractivity contribution in [1.82, 2.24) is 4.72 Å². The molecule has 0 unspecified atom stereocenters. The molecule has 0 atom stereocenters. The van der Waals surface area contributed by atoms with E-state index in [0.29, 0.717) is 17.4 Å². The predicted octanol–water partition coefficient (Wildman–Crippen LogP) is 4.15. The van der Waals surface area contributed by atoms with Crippen molar-refractivity contribution in [2.24, 2.45) is 5.92 Å². The zero-order valence-corrected chi connectivity index (χ0v) is 15.1. The fourth-order valence-electron chi connectivity index (χ4n) is 3.05. The number of nitrogens with one attached hydrogen (secondary N) is 1. The Morgan fingerprint density at radius 1 is 1.14 bits per heavy atom. The molecule has 0 saturated heterocycles. The van der Waals surface area contributed by atoms with Crippen LogP contribution in [0.25, 0.3) is 0 Å². The van der Waals surface area contributed by atoms with Crippen LogP contribution in [0.5, 0.6) is 0 Å². The monoisotopic (exact) mass is 323 g/mol. The lowest BCUT2D eigenvalue weighted by atomic mass is 9.87. The molecule has 1 aliphatic carbocycles. The molecule has 124 valence electrons. The molecule has 1 fully saturated rings. The normalized spacial score (nSPS) is 17.6. The summed E-state index contributed by atoms with van der Waals surface area (Å²) < 4.78 is 28.2. The lowest BCUT2D eigenvalue weighted by molar-refractivity contribution is 0.357. The Kier molecular flexibility index (Phi) is 5.33. The summed E-state index contributed by atoms with van der Waals surface area (Å²) in [4.78, 5) is 0.427. The highest BCUT2D eigenvalue weighted by Crippen LogP contribution is 2.27. The molecule has 0 radical (unpaired) electrons. The summed E-state index contributed by atoms with van der Waals surface area (Å²) in [6.07, 6.45) is 6.03. The number of aryl methyl sites for hydroxylation is 1. The van der Waals surface area contributed by atoms with Crippen molar-refractivity contribution in [2.45, 2.75) is 70.1 Å². The second kappa shape index (κ2) is 6.71. The van der Waals surface area contributed by atoms with Gasteiger partial charge in [-0.05, 0) is 48.3 Å². The molecule has 1 aromatic carbocycles. The van der Waals surface area contributed by atoms with Crippen molar-refractivity contribution in [1.29, 1.82) is 0 Å². The Morgan fingerprint density at radius 2 is 1.77 bits per heavy atom. The molecular formula is C18H29NO2S. The fourth-order valence-corrected chi connectivity index (χ4v) is 4.44. The van der Waals surface area contributed by atoms with E-state index in [-0.39, 0.29) is 5.41 Å². The zero-order valence-electron chi connectivity index (χ0n) is 14.3. The van der Waals surface area contributed by atoms with Gasteiger partial charge in [0.05, 0.1) is 4.90 Å². The number of hydrogen-bond donors (Lipinski definition) is 1. The van der Waals surface area contributed by atoms with Gasteiger partial charge in [0.25, 0.3) is 0 Å². The van der Waals surface area contributed by atoms with E-state index in [0.717, 1.165) is 24.0 Å². The van der Waals surface area contributed by atoms with Gasteiger partial charge in [-0.2, -0.15) is 0 Å². The summed E-state index contributed by atoms with van der Waals surface area (Å²) in [5.74, 6) is 0.495. The van der Waals surface area contributed by atoms with Crippen LogP contribution in [0.15, 0.2) is 23.1 Å². The van der Waals surface area contributed by atoms with E-state index in [1.807, 2.05) is 25.1 Å². The molecule has 1 aliphatic rings. The standard InChI is InChI=1S/C18H29NO2S/c1-14-10-11-16(18(2,3)4)12-17(14)22(20,21)19-13-15-8-6-5-7-9-15/h10-12,15,19H,5-9,13H2,1-4H3. The topological polar surface area (TPSA) is 46.2 Å². The Bertz CT molecular complexity index is 608. The molecule has 0 aliphatic heterocycles. The van der Waals surface area contributed by atoms with Gasteiger partial charge in [0.1, 0.15) is 0 Å². The summed E-state index contributed by atoms with van der Waals surface area (Å²) in [6.45, 7) is 8.74. The maximum absolute atomic E-state index is 12.7. The number of sulfonamides is 1. The van der Waals surface area contributed by atoms with Crippen molar-refractivity contribution in [2.75, 3.05) is 6.54 Å². The predicted molar refractivity (Wildman–Crippen MR) is 91.6 cm³/mol. The van der Waals surface area contributed by atoms with Crippen LogP contribution in [0, 0.1) is 12.8 Å². The molecule has 0 bridgehead atoms. The van der Waals surface area contributed by atoms with Gasteiger partial charge in [0, 0.05) is 6.54 Å². The second-order valence-corrected chi connectivity index (χ2v) is 9.32. The highest BCUT2D eigenvalue weighted by Gasteiger charge is 2.23. The van der Waals surface area contributed by atoms with Crippen molar-refractivity contribution in [3.05, 3.63) is 29.3 Å². The lowest BCUT2D eigenvalue weighted by Crippen LogP contribution is -2.31. The minimum atomic E-state index is -3.42. The molecule has 0 spiro atoms. The largest absolute Gasteiger partial charge is 0.240 e. The Labute approximate surface area is 135 Å². The molecule has 0 aromatic heterocycles. The van der Waals surface area contributed by atoms with Gasteiger partial charge in [0.15, 0.2) is 0 Å². The van der Waals surface area contributed by atoms with E-state index in [4.69, 9.17) is 0 Å². The SMILES string of the molecule is Cc1ccc(C(C)(C)C)cc1S(=O)(=O)NCC1CCCCC1. The molecular weight excluding hydrogens is 294 g/mol. The smallest absolute Gasteiger partial charge is 0.211 e. The molecule has 0 amide bonds. The van der Waals surface area contributed by atoms with Gasteiger partial charge in [0.2, 0.25) is 10.0 Å². The highest BCUT2D eigenvalue weighted by molar-refractivity contribution is 7.89. The van der Waals surface area contributed by atoms with Crippen LogP contribution < -0.4 is 4.72 Å². The number of rotatable bonds is 4. The first-order valence-electron chi connectivity index (χ1n) is 8.31. The number of hydrogen-bond acceptors (Lipinski definition) is 2. The molecule has 0 heterocycles. The van der Waals surface area contributed by atoms with Gasteiger partial charge in [-0.15, -0.1) is 0 Å². The molecule has 4 heteroatoms. The molecule has 1 aromatic rings. The van der Waals surface area contributed by atoms with Crippen molar-refractivity contribution in [3.8, 4) is 0 Å². The molecule has 1 N–H and O–H groups in total. The number of benzene rings is 1. The van der Waals surface area contributed by atoms with Gasteiger partial charge in [-0.25, -0.2) is 13.1 Å². The van der Waals surface area contributed by atoms with Gasteiger partial charge >= 0.3 is 0 Å². The molecule has 2 rings (SSSR count). The third kappa shape index (κ3) is 4.32. The van der Waals surface area contributed by atoms with E-state index in [1.165, 1.54) is 19.3 Å². The van der Waals surface area contributed by atoms with Gasteiger partial charge in [-0.3, -0.25) is 0 Å². The fraction of sp³-hybridized carbons (Fsp3) is 0.667. The molecule has 3 nitrogen and oxygen atoms in total. The van der Waals surface area contributed by atoms with E-state index >= 15 is 0 Å². The van der Waals surface area contributed by atoms with E-state index < -0.39 is 10.0 Å². The lowest BCUT2D eigenvalue weighted by Gasteiger charge is -2.23. The van der Waals surface area contributed by atoms with E-state index in [2.05, 4.69) is 25.5 Å². The van der Waals surface area contributed by atoms with Crippen LogP contribution in [-0.2, 0) is 15.4 Å². The van der Waals surface area contributed by atoms with Crippen LogP contribution in [0.3, 0.4) is 0 Å². The maximum atomic E-state index is 12.7. The summed E-state index contributed by atoms with van der Waals surface area (Å²) in [7, 11) is -3.42. The highest BCUT2D eigenvalue weighted by atomic mass is 32.2. The summed E-state index contributed by atoms with van der Waals surface area (Å²) in [6, 6.07) is 5.77. The van der Waals surface area contributed by atoms with Crippen LogP contribution in [0.1, 0.15) is 64.0 Å². The van der Waals surface area contributed by atoms with Gasteiger partial charge < -0.3 is 0 Å². The van der Waals surface area contributed by atoms with Crippen LogP contribution in [-0.4, -0.2) is 15.0 Å². The average molecular weight is 324 g/mol. The maximum Gasteiger partial charge on any atom is 0.240 e. The second-order valence-electron chi connectivity index (χ2n) is 7.59. The Balaban J connectivity index is 2.17. The van der Waals surface area contributed by atoms with E-state index in [1.54, 1.807) is 0 Å². The molecule has 1 saturated carbocycles. The first-order valence-corrected chi connectivity index (χ1v) is 9.79. The van der Waals surface area contributed by atoms with Gasteiger partial charge in [-0.1, -0.05) is 52.2 Å². The first-order chi connectivity index (χ1) is 10.2.